The maximum absolute atomic E-state index is 10.4. The standard InChI is InChI=1S/C11H10N4O3/c1-18-9-4-2-8(3-5-9)15-10(12-13-14-15)6-7-11(16)17/h2-7H,1H3,(H,16,17)/b7-6+. The summed E-state index contributed by atoms with van der Waals surface area (Å²) in [5.41, 5.74) is 0.714. The fourth-order valence-electron chi connectivity index (χ4n) is 1.35. The number of benzene rings is 1. The molecule has 1 N–H and O–H groups in total. The smallest absolute Gasteiger partial charge is 0.328 e. The van der Waals surface area contributed by atoms with E-state index < -0.39 is 5.97 Å². The van der Waals surface area contributed by atoms with E-state index in [9.17, 15) is 4.79 Å². The molecule has 0 aliphatic rings. The van der Waals surface area contributed by atoms with Gasteiger partial charge in [-0.3, -0.25) is 0 Å². The maximum atomic E-state index is 10.4. The van der Waals surface area contributed by atoms with Gasteiger partial charge in [0.1, 0.15) is 5.75 Å². The normalized spacial score (nSPS) is 10.7. The van der Waals surface area contributed by atoms with Gasteiger partial charge in [-0.25, -0.2) is 4.79 Å². The van der Waals surface area contributed by atoms with Crippen LogP contribution >= 0.6 is 0 Å². The van der Waals surface area contributed by atoms with Crippen LogP contribution in [0.25, 0.3) is 11.8 Å². The maximum Gasteiger partial charge on any atom is 0.328 e. The van der Waals surface area contributed by atoms with Crippen molar-refractivity contribution >= 4 is 12.0 Å². The summed E-state index contributed by atoms with van der Waals surface area (Å²) in [6, 6.07) is 7.07. The molecule has 0 spiro atoms. The van der Waals surface area contributed by atoms with Crippen molar-refractivity contribution in [3.8, 4) is 11.4 Å². The third-order valence-electron chi connectivity index (χ3n) is 2.19. The van der Waals surface area contributed by atoms with Gasteiger partial charge in [0.2, 0.25) is 0 Å². The largest absolute Gasteiger partial charge is 0.497 e. The monoisotopic (exact) mass is 246 g/mol. The Morgan fingerprint density at radius 3 is 2.72 bits per heavy atom. The molecule has 1 aromatic carbocycles. The molecule has 0 bridgehead atoms. The molecule has 2 rings (SSSR count). The molecule has 0 atom stereocenters. The molecule has 1 heterocycles. The first-order valence-electron chi connectivity index (χ1n) is 5.04. The minimum atomic E-state index is -1.06. The van der Waals surface area contributed by atoms with Gasteiger partial charge in [-0.1, -0.05) is 0 Å². The summed E-state index contributed by atoms with van der Waals surface area (Å²) in [6.45, 7) is 0. The Morgan fingerprint density at radius 1 is 1.39 bits per heavy atom. The molecule has 0 amide bonds. The number of aromatic nitrogens is 4. The third kappa shape index (κ3) is 2.51. The van der Waals surface area contributed by atoms with Crippen molar-refractivity contribution in [2.45, 2.75) is 0 Å². The Labute approximate surface area is 102 Å². The summed E-state index contributed by atoms with van der Waals surface area (Å²) in [5.74, 6) is -0.00343. The molecule has 0 unspecified atom stereocenters. The molecule has 0 saturated heterocycles. The number of aliphatic carboxylic acids is 1. The van der Waals surface area contributed by atoms with Crippen molar-refractivity contribution in [1.29, 1.82) is 0 Å². The second kappa shape index (κ2) is 5.09. The van der Waals surface area contributed by atoms with E-state index in [0.29, 0.717) is 11.5 Å². The first-order valence-corrected chi connectivity index (χ1v) is 5.04. The van der Waals surface area contributed by atoms with Crippen molar-refractivity contribution in [3.63, 3.8) is 0 Å². The van der Waals surface area contributed by atoms with E-state index in [1.807, 2.05) is 0 Å². The topological polar surface area (TPSA) is 90.1 Å². The van der Waals surface area contributed by atoms with Crippen LogP contribution in [0.15, 0.2) is 30.3 Å². The van der Waals surface area contributed by atoms with E-state index in [1.54, 1.807) is 31.4 Å². The summed E-state index contributed by atoms with van der Waals surface area (Å²) in [5, 5.41) is 19.6. The number of hydrogen-bond donors (Lipinski definition) is 1. The van der Waals surface area contributed by atoms with Gasteiger partial charge in [-0.15, -0.1) is 5.10 Å². The molecule has 0 radical (unpaired) electrons. The molecule has 18 heavy (non-hydrogen) atoms. The number of carboxylic acids is 1. The zero-order valence-corrected chi connectivity index (χ0v) is 9.52. The average Bonchev–Trinajstić information content (AvgIpc) is 2.85. The predicted molar refractivity (Wildman–Crippen MR) is 62.4 cm³/mol. The quantitative estimate of drug-likeness (QED) is 0.801. The summed E-state index contributed by atoms with van der Waals surface area (Å²) in [7, 11) is 1.58. The van der Waals surface area contributed by atoms with Crippen LogP contribution < -0.4 is 4.74 Å². The van der Waals surface area contributed by atoms with Crippen LogP contribution in [0, 0.1) is 0 Å². The lowest BCUT2D eigenvalue weighted by atomic mass is 10.3. The number of nitrogens with zero attached hydrogens (tertiary/aromatic N) is 4. The van der Waals surface area contributed by atoms with E-state index in [0.717, 1.165) is 11.8 Å². The lowest BCUT2D eigenvalue weighted by Crippen LogP contribution is -2.00. The van der Waals surface area contributed by atoms with Crippen LogP contribution in [0.5, 0.6) is 5.75 Å². The summed E-state index contributed by atoms with van der Waals surface area (Å²) in [4.78, 5) is 10.4. The number of tetrazole rings is 1. The number of ether oxygens (including phenoxy) is 1. The molecule has 1 aromatic heterocycles. The predicted octanol–water partition coefficient (Wildman–Crippen LogP) is 0.769. The molecule has 0 fully saturated rings. The van der Waals surface area contributed by atoms with E-state index >= 15 is 0 Å². The lowest BCUT2D eigenvalue weighted by Gasteiger charge is -2.03. The van der Waals surface area contributed by atoms with E-state index in [1.165, 1.54) is 10.8 Å². The Kier molecular flexibility index (Phi) is 3.33. The molecule has 0 aliphatic heterocycles. The van der Waals surface area contributed by atoms with Crippen molar-refractivity contribution < 1.29 is 14.6 Å². The highest BCUT2D eigenvalue weighted by Crippen LogP contribution is 2.15. The number of carbonyl (C=O) groups is 1. The Balaban J connectivity index is 2.32. The number of carboxylic acid groups (broad SMARTS) is 1. The molecule has 0 aliphatic carbocycles. The van der Waals surface area contributed by atoms with Gasteiger partial charge >= 0.3 is 5.97 Å². The second-order valence-corrected chi connectivity index (χ2v) is 3.32. The molecule has 2 aromatic rings. The fraction of sp³-hybridized carbons (Fsp3) is 0.0909. The van der Waals surface area contributed by atoms with E-state index in [2.05, 4.69) is 15.5 Å². The minimum Gasteiger partial charge on any atom is -0.497 e. The molecular weight excluding hydrogens is 236 g/mol. The molecule has 7 heteroatoms. The fourth-order valence-corrected chi connectivity index (χ4v) is 1.35. The first-order chi connectivity index (χ1) is 8.70. The Bertz CT molecular complexity index is 574. The van der Waals surface area contributed by atoms with Gasteiger partial charge in [0.05, 0.1) is 12.8 Å². The van der Waals surface area contributed by atoms with Crippen molar-refractivity contribution in [2.24, 2.45) is 0 Å². The van der Waals surface area contributed by atoms with Gasteiger partial charge < -0.3 is 9.84 Å². The van der Waals surface area contributed by atoms with Gasteiger partial charge in [-0.2, -0.15) is 4.68 Å². The van der Waals surface area contributed by atoms with Crippen LogP contribution in [-0.4, -0.2) is 38.4 Å². The highest BCUT2D eigenvalue weighted by atomic mass is 16.5. The first kappa shape index (κ1) is 11.8. The lowest BCUT2D eigenvalue weighted by molar-refractivity contribution is -0.131. The molecular formula is C11H10N4O3. The van der Waals surface area contributed by atoms with Crippen LogP contribution in [0.2, 0.25) is 0 Å². The highest BCUT2D eigenvalue weighted by Gasteiger charge is 2.05. The van der Waals surface area contributed by atoms with E-state index in [-0.39, 0.29) is 0 Å². The second-order valence-electron chi connectivity index (χ2n) is 3.32. The molecule has 92 valence electrons. The molecule has 0 saturated carbocycles. The van der Waals surface area contributed by atoms with Gasteiger partial charge in [0, 0.05) is 6.08 Å². The SMILES string of the molecule is COc1ccc(-n2nnnc2/C=C/C(=O)O)cc1. The number of hydrogen-bond acceptors (Lipinski definition) is 5. The highest BCUT2D eigenvalue weighted by molar-refractivity contribution is 5.84. The molecule has 7 nitrogen and oxygen atoms in total. The number of rotatable bonds is 4. The van der Waals surface area contributed by atoms with Crippen LogP contribution in [-0.2, 0) is 4.79 Å². The number of methoxy groups -OCH3 is 1. The minimum absolute atomic E-state index is 0.336. The summed E-state index contributed by atoms with van der Waals surface area (Å²) < 4.78 is 6.47. The van der Waals surface area contributed by atoms with Crippen LogP contribution in [0.3, 0.4) is 0 Å². The zero-order valence-electron chi connectivity index (χ0n) is 9.52. The van der Waals surface area contributed by atoms with Crippen molar-refractivity contribution in [3.05, 3.63) is 36.2 Å². The van der Waals surface area contributed by atoms with Gasteiger partial charge in [0.25, 0.3) is 0 Å². The average molecular weight is 246 g/mol. The van der Waals surface area contributed by atoms with Gasteiger partial charge in [0.15, 0.2) is 5.82 Å². The van der Waals surface area contributed by atoms with Gasteiger partial charge in [-0.05, 0) is 40.8 Å². The Hall–Kier alpha value is -2.70. The Morgan fingerprint density at radius 2 is 2.11 bits per heavy atom. The van der Waals surface area contributed by atoms with Crippen molar-refractivity contribution in [2.75, 3.05) is 7.11 Å². The van der Waals surface area contributed by atoms with Crippen LogP contribution in [0.4, 0.5) is 0 Å². The van der Waals surface area contributed by atoms with E-state index in [4.69, 9.17) is 9.84 Å². The third-order valence-corrected chi connectivity index (χ3v) is 2.19. The summed E-state index contributed by atoms with van der Waals surface area (Å²) >= 11 is 0. The summed E-state index contributed by atoms with van der Waals surface area (Å²) in [6.07, 6.45) is 2.30. The van der Waals surface area contributed by atoms with Crippen LogP contribution in [0.1, 0.15) is 5.82 Å². The van der Waals surface area contributed by atoms with Crippen molar-refractivity contribution in [1.82, 2.24) is 20.2 Å². The zero-order chi connectivity index (χ0) is 13.0.